The van der Waals surface area contributed by atoms with Crippen LogP contribution in [-0.2, 0) is 25.9 Å². The molecule has 2 amide bonds. The van der Waals surface area contributed by atoms with Crippen LogP contribution >= 0.6 is 49.6 Å². The zero-order chi connectivity index (χ0) is 45.1. The molecule has 6 N–H and O–H groups in total. The topological polar surface area (TPSA) is 154 Å². The van der Waals surface area contributed by atoms with Crippen LogP contribution in [0.25, 0.3) is 22.3 Å². The van der Waals surface area contributed by atoms with Gasteiger partial charge >= 0.3 is 0 Å². The van der Waals surface area contributed by atoms with Crippen LogP contribution in [0.3, 0.4) is 0 Å². The predicted molar refractivity (Wildman–Crippen MR) is 282 cm³/mol. The number of aromatic nitrogens is 2. The Morgan fingerprint density at radius 2 is 0.848 bits per heavy atom. The minimum atomic E-state index is -0.240. The molecule has 66 heavy (non-hydrogen) atoms. The number of ether oxygens (including phenoxy) is 2. The van der Waals surface area contributed by atoms with Gasteiger partial charge in [0.25, 0.3) is 11.8 Å². The molecule has 0 aliphatic heterocycles. The summed E-state index contributed by atoms with van der Waals surface area (Å²) in [5, 5.41) is 6.20. The molecule has 10 nitrogen and oxygen atoms in total. The van der Waals surface area contributed by atoms with Gasteiger partial charge in [-0.25, -0.2) is 0 Å². The van der Waals surface area contributed by atoms with Crippen LogP contribution in [0.5, 0.6) is 11.5 Å². The van der Waals surface area contributed by atoms with Crippen LogP contribution in [0.2, 0.25) is 0 Å². The van der Waals surface area contributed by atoms with Gasteiger partial charge < -0.3 is 31.6 Å². The number of nitrogens with two attached hydrogens (primary N) is 2. The Balaban J connectivity index is 0.000000622. The molecule has 4 aromatic carbocycles. The summed E-state index contributed by atoms with van der Waals surface area (Å²) in [5.74, 6) is 1.45. The van der Waals surface area contributed by atoms with Crippen molar-refractivity contribution in [2.75, 3.05) is 24.9 Å². The van der Waals surface area contributed by atoms with Crippen molar-refractivity contribution in [1.29, 1.82) is 0 Å². The number of carbonyl (C=O) groups excluding carboxylic acids is 2. The van der Waals surface area contributed by atoms with E-state index in [1.165, 1.54) is 11.1 Å². The summed E-state index contributed by atoms with van der Waals surface area (Å²) in [6.45, 7) is 17.3. The molecule has 0 saturated heterocycles. The van der Waals surface area contributed by atoms with Gasteiger partial charge in [0.1, 0.15) is 11.5 Å². The third-order valence-corrected chi connectivity index (χ3v) is 10.6. The van der Waals surface area contributed by atoms with Crippen molar-refractivity contribution in [3.8, 4) is 33.8 Å². The van der Waals surface area contributed by atoms with Gasteiger partial charge in [-0.3, -0.25) is 19.6 Å². The van der Waals surface area contributed by atoms with Crippen molar-refractivity contribution < 1.29 is 19.1 Å². The van der Waals surface area contributed by atoms with E-state index in [0.29, 0.717) is 58.9 Å². The molecule has 0 radical (unpaired) electrons. The lowest BCUT2D eigenvalue weighted by Crippen LogP contribution is -2.18. The molecule has 0 aliphatic rings. The van der Waals surface area contributed by atoms with Gasteiger partial charge in [0.05, 0.1) is 48.1 Å². The lowest BCUT2D eigenvalue weighted by molar-refractivity contribution is 0.101. The minimum Gasteiger partial charge on any atom is -0.496 e. The molecule has 6 aromatic rings. The number of benzene rings is 4. The van der Waals surface area contributed by atoms with E-state index in [2.05, 4.69) is 101 Å². The fourth-order valence-corrected chi connectivity index (χ4v) is 7.56. The van der Waals surface area contributed by atoms with Gasteiger partial charge in [0, 0.05) is 35.6 Å². The second-order valence-electron chi connectivity index (χ2n) is 16.4. The van der Waals surface area contributed by atoms with E-state index in [0.717, 1.165) is 69.0 Å². The van der Waals surface area contributed by atoms with Crippen molar-refractivity contribution in [2.24, 2.45) is 23.3 Å². The van der Waals surface area contributed by atoms with Gasteiger partial charge in [-0.1, -0.05) is 112 Å². The van der Waals surface area contributed by atoms with Gasteiger partial charge in [-0.15, -0.1) is 49.6 Å². The van der Waals surface area contributed by atoms with E-state index in [9.17, 15) is 9.59 Å². The lowest BCUT2D eigenvalue weighted by Gasteiger charge is -2.22. The highest BCUT2D eigenvalue weighted by Gasteiger charge is 2.24. The highest BCUT2D eigenvalue weighted by atomic mass is 35.5. The average Bonchev–Trinajstić information content (AvgIpc) is 3.25. The van der Waals surface area contributed by atoms with Crippen LogP contribution in [0, 0.1) is 39.5 Å². The number of nitrogens with zero attached hydrogens (tertiary/aromatic N) is 2. The first-order valence-electron chi connectivity index (χ1n) is 21.2. The molecule has 0 aliphatic carbocycles. The normalized spacial score (nSPS) is 10.3. The first-order valence-corrected chi connectivity index (χ1v) is 21.2. The quantitative estimate of drug-likeness (QED) is 0.0841. The molecule has 6 rings (SSSR count). The number of nitrogens with one attached hydrogen (secondary N) is 2. The standard InChI is InChI=1S/2C26H31N3O2.4ClH/c2*1-16(2)14-22-21(15-27)24(19-12-10-17(3)11-13-19)25(18(4)28-22)29-26(30)20-8-6-7-9-23(20)31-5;;;;/h2*6-13,16H,14-15,27H2,1-5H3,(H,29,30);4*1H. The van der Waals surface area contributed by atoms with Crippen molar-refractivity contribution in [3.63, 3.8) is 0 Å². The Hall–Kier alpha value is -5.20. The van der Waals surface area contributed by atoms with E-state index in [4.69, 9.17) is 30.9 Å². The zero-order valence-corrected chi connectivity index (χ0v) is 42.8. The van der Waals surface area contributed by atoms with Gasteiger partial charge in [-0.05, 0) is 98.9 Å². The number of methoxy groups -OCH3 is 2. The summed E-state index contributed by atoms with van der Waals surface area (Å²) in [7, 11) is 3.12. The largest absolute Gasteiger partial charge is 0.496 e. The highest BCUT2D eigenvalue weighted by molar-refractivity contribution is 6.09. The lowest BCUT2D eigenvalue weighted by atomic mass is 9.92. The molecule has 0 bridgehead atoms. The SMILES string of the molecule is COc1ccccc1C(=O)Nc1c(C)nc(CC(C)C)c(CN)c1-c1ccc(C)cc1.COc1ccccc1C(=O)Nc1c(C)nc(CC(C)C)c(CN)c1-c1ccc(C)cc1.Cl.Cl.Cl.Cl. The second-order valence-corrected chi connectivity index (χ2v) is 16.4. The summed E-state index contributed by atoms with van der Waals surface area (Å²) in [4.78, 5) is 36.1. The zero-order valence-electron chi connectivity index (χ0n) is 39.5. The van der Waals surface area contributed by atoms with E-state index in [1.54, 1.807) is 38.5 Å². The number of hydrogen-bond acceptors (Lipinski definition) is 8. The molecule has 14 heteroatoms. The van der Waals surface area contributed by atoms with Crippen molar-refractivity contribution >= 4 is 72.8 Å². The third-order valence-electron chi connectivity index (χ3n) is 10.6. The molecule has 356 valence electrons. The molecule has 0 atom stereocenters. The highest BCUT2D eigenvalue weighted by Crippen LogP contribution is 2.38. The minimum absolute atomic E-state index is 0. The van der Waals surface area contributed by atoms with Crippen LogP contribution in [0.1, 0.15) is 93.4 Å². The van der Waals surface area contributed by atoms with Gasteiger partial charge in [0.15, 0.2) is 0 Å². The van der Waals surface area contributed by atoms with E-state index < -0.39 is 0 Å². The van der Waals surface area contributed by atoms with Crippen LogP contribution < -0.4 is 31.6 Å². The number of amides is 2. The molecule has 2 aromatic heterocycles. The average molecular weight is 981 g/mol. The van der Waals surface area contributed by atoms with E-state index in [-0.39, 0.29) is 61.4 Å². The van der Waals surface area contributed by atoms with Crippen molar-refractivity contribution in [2.45, 2.75) is 81.3 Å². The first kappa shape index (κ1) is 58.8. The Labute approximate surface area is 416 Å². The maximum atomic E-state index is 13.2. The Morgan fingerprint density at radius 1 is 0.530 bits per heavy atom. The Bertz CT molecular complexity index is 2340. The smallest absolute Gasteiger partial charge is 0.259 e. The molecule has 0 unspecified atom stereocenters. The maximum absolute atomic E-state index is 13.2. The van der Waals surface area contributed by atoms with E-state index >= 15 is 0 Å². The van der Waals surface area contributed by atoms with Crippen LogP contribution in [0.15, 0.2) is 97.1 Å². The van der Waals surface area contributed by atoms with Crippen LogP contribution in [-0.4, -0.2) is 36.0 Å². The molecule has 0 spiro atoms. The number of para-hydroxylation sites is 2. The molecule has 0 saturated carbocycles. The summed E-state index contributed by atoms with van der Waals surface area (Å²) in [5.41, 5.74) is 26.5. The number of hydrogen-bond donors (Lipinski definition) is 4. The second kappa shape index (κ2) is 27.4. The summed E-state index contributed by atoms with van der Waals surface area (Å²) >= 11 is 0. The molecule has 0 fully saturated rings. The predicted octanol–water partition coefficient (Wildman–Crippen LogP) is 12.3. The number of anilines is 2. The number of pyridine rings is 2. The van der Waals surface area contributed by atoms with Gasteiger partial charge in [0.2, 0.25) is 0 Å². The molecule has 2 heterocycles. The molecular formula is C52H66Cl4N6O4. The number of carbonyl (C=O) groups is 2. The van der Waals surface area contributed by atoms with Gasteiger partial charge in [-0.2, -0.15) is 0 Å². The summed E-state index contributed by atoms with van der Waals surface area (Å²) in [6.07, 6.45) is 1.65. The summed E-state index contributed by atoms with van der Waals surface area (Å²) < 4.78 is 10.7. The van der Waals surface area contributed by atoms with Crippen molar-refractivity contribution in [1.82, 2.24) is 9.97 Å². The number of halogens is 4. The van der Waals surface area contributed by atoms with Crippen LogP contribution in [0.4, 0.5) is 11.4 Å². The monoisotopic (exact) mass is 978 g/mol. The van der Waals surface area contributed by atoms with Crippen molar-refractivity contribution in [3.05, 3.63) is 153 Å². The fraction of sp³-hybridized carbons (Fsp3) is 0.308. The Kier molecular flexibility index (Phi) is 24.5. The Morgan fingerprint density at radius 3 is 1.14 bits per heavy atom. The first-order chi connectivity index (χ1) is 29.7. The fourth-order valence-electron chi connectivity index (χ4n) is 7.56. The number of rotatable bonds is 14. The maximum Gasteiger partial charge on any atom is 0.259 e. The summed E-state index contributed by atoms with van der Waals surface area (Å²) in [6, 6.07) is 30.9. The molecular weight excluding hydrogens is 914 g/mol. The number of aryl methyl sites for hydroxylation is 4. The van der Waals surface area contributed by atoms with E-state index in [1.807, 2.05) is 38.1 Å². The third kappa shape index (κ3) is 14.4.